The molecule has 0 aliphatic rings. The van der Waals surface area contributed by atoms with Gasteiger partial charge in [-0.05, 0) is 124 Å². The predicted octanol–water partition coefficient (Wildman–Crippen LogP) is 14.1. The lowest BCUT2D eigenvalue weighted by molar-refractivity contribution is 0.664. The van der Waals surface area contributed by atoms with Crippen LogP contribution in [0.25, 0.3) is 65.4 Å². The van der Waals surface area contributed by atoms with E-state index in [4.69, 9.17) is 8.83 Å². The molecule has 0 fully saturated rings. The van der Waals surface area contributed by atoms with Crippen LogP contribution in [0.3, 0.4) is 0 Å². The van der Waals surface area contributed by atoms with E-state index in [1.165, 1.54) is 11.3 Å². The molecular formula is C47H34N2O2. The number of hydrogen-bond donors (Lipinski definition) is 1. The Morgan fingerprint density at radius 1 is 0.431 bits per heavy atom. The maximum atomic E-state index is 6.60. The molecule has 8 aromatic carbocycles. The van der Waals surface area contributed by atoms with E-state index >= 15 is 0 Å². The van der Waals surface area contributed by atoms with Gasteiger partial charge >= 0.3 is 0 Å². The predicted molar refractivity (Wildman–Crippen MR) is 215 cm³/mol. The molecule has 4 heteroatoms. The molecule has 0 saturated carbocycles. The minimum Gasteiger partial charge on any atom is -0.456 e. The van der Waals surface area contributed by atoms with Gasteiger partial charge < -0.3 is 19.1 Å². The highest BCUT2D eigenvalue weighted by Crippen LogP contribution is 2.42. The second-order valence-corrected chi connectivity index (χ2v) is 13.7. The van der Waals surface area contributed by atoms with Gasteiger partial charge in [-0.15, -0.1) is 0 Å². The van der Waals surface area contributed by atoms with Crippen LogP contribution in [-0.2, 0) is 0 Å². The first-order valence-corrected chi connectivity index (χ1v) is 17.5. The first-order valence-electron chi connectivity index (χ1n) is 17.5. The smallest absolute Gasteiger partial charge is 0.136 e. The lowest BCUT2D eigenvalue weighted by Gasteiger charge is -2.29. The second kappa shape index (κ2) is 11.5. The number of nitrogens with zero attached hydrogens (tertiary/aromatic N) is 1. The summed E-state index contributed by atoms with van der Waals surface area (Å²) in [4.78, 5) is 2.36. The van der Waals surface area contributed by atoms with Gasteiger partial charge in [-0.2, -0.15) is 0 Å². The summed E-state index contributed by atoms with van der Waals surface area (Å²) in [6.07, 6.45) is 0. The van der Waals surface area contributed by atoms with Crippen LogP contribution in [0.15, 0.2) is 167 Å². The lowest BCUT2D eigenvalue weighted by atomic mass is 9.99. The molecule has 244 valence electrons. The molecule has 2 aromatic heterocycles. The van der Waals surface area contributed by atoms with Crippen molar-refractivity contribution in [2.45, 2.75) is 19.8 Å². The van der Waals surface area contributed by atoms with Crippen LogP contribution < -0.4 is 10.2 Å². The van der Waals surface area contributed by atoms with Gasteiger partial charge in [0.2, 0.25) is 0 Å². The maximum absolute atomic E-state index is 6.60. The second-order valence-electron chi connectivity index (χ2n) is 13.7. The molecule has 1 N–H and O–H groups in total. The van der Waals surface area contributed by atoms with Gasteiger partial charge in [0.25, 0.3) is 0 Å². The topological polar surface area (TPSA) is 41.6 Å². The third kappa shape index (κ3) is 4.99. The summed E-state index contributed by atoms with van der Waals surface area (Å²) in [7, 11) is 0. The molecule has 0 bridgehead atoms. The summed E-state index contributed by atoms with van der Waals surface area (Å²) < 4.78 is 13.1. The van der Waals surface area contributed by atoms with E-state index in [0.717, 1.165) is 88.2 Å². The summed E-state index contributed by atoms with van der Waals surface area (Å²) in [6, 6.07) is 55.8. The van der Waals surface area contributed by atoms with E-state index in [-0.39, 0.29) is 0 Å². The van der Waals surface area contributed by atoms with Gasteiger partial charge in [-0.3, -0.25) is 0 Å². The van der Waals surface area contributed by atoms with Crippen LogP contribution in [0.1, 0.15) is 25.3 Å². The standard InChI is InChI=1S/C47H34N2O2/c1-29(2)38-15-9-10-16-43(38)49(36-13-7-4-8-14-36)37-20-18-31-24-40-42-28-46-41(27-47(42)51-45(40)26-33(31)22-37)39-23-30-17-19-35(21-32(30)25-44(39)50-46)48-34-11-5-3-6-12-34/h3-29,48H,1-2H3. The van der Waals surface area contributed by atoms with Crippen molar-refractivity contribution in [3.05, 3.63) is 163 Å². The highest BCUT2D eigenvalue weighted by atomic mass is 16.3. The summed E-state index contributed by atoms with van der Waals surface area (Å²) in [6.45, 7) is 4.51. The molecule has 10 rings (SSSR count). The Kier molecular flexibility index (Phi) is 6.65. The fraction of sp³-hybridized carbons (Fsp3) is 0.0638. The van der Waals surface area contributed by atoms with E-state index in [2.05, 4.69) is 164 Å². The maximum Gasteiger partial charge on any atom is 0.136 e. The van der Waals surface area contributed by atoms with Crippen LogP contribution in [0, 0.1) is 0 Å². The fourth-order valence-electron chi connectivity index (χ4n) is 7.61. The van der Waals surface area contributed by atoms with Crippen LogP contribution in [0.5, 0.6) is 0 Å². The molecule has 51 heavy (non-hydrogen) atoms. The zero-order valence-corrected chi connectivity index (χ0v) is 28.4. The highest BCUT2D eigenvalue weighted by Gasteiger charge is 2.19. The molecule has 0 aliphatic heterocycles. The Morgan fingerprint density at radius 3 is 1.65 bits per heavy atom. The van der Waals surface area contributed by atoms with Crippen molar-refractivity contribution in [3.63, 3.8) is 0 Å². The molecule has 0 aliphatic carbocycles. The first kappa shape index (κ1) is 29.4. The number of furan rings is 2. The van der Waals surface area contributed by atoms with Gasteiger partial charge in [0.1, 0.15) is 22.3 Å². The molecule has 0 radical (unpaired) electrons. The third-order valence-electron chi connectivity index (χ3n) is 10.1. The van der Waals surface area contributed by atoms with Crippen LogP contribution in [-0.4, -0.2) is 0 Å². The van der Waals surface area contributed by atoms with Crippen LogP contribution in [0.4, 0.5) is 28.4 Å². The molecule has 0 amide bonds. The van der Waals surface area contributed by atoms with Gasteiger partial charge in [-0.1, -0.05) is 80.6 Å². The molecule has 0 spiro atoms. The van der Waals surface area contributed by atoms with Crippen LogP contribution in [0.2, 0.25) is 0 Å². The number of para-hydroxylation sites is 3. The Balaban J connectivity index is 1.07. The number of anilines is 5. The summed E-state index contributed by atoms with van der Waals surface area (Å²) in [5.74, 6) is 0.384. The van der Waals surface area contributed by atoms with Crippen LogP contribution >= 0.6 is 0 Å². The molecule has 4 nitrogen and oxygen atoms in total. The molecule has 0 unspecified atom stereocenters. The number of fused-ring (bicyclic) bond motifs is 8. The third-order valence-corrected chi connectivity index (χ3v) is 10.1. The highest BCUT2D eigenvalue weighted by molar-refractivity contribution is 6.18. The average Bonchev–Trinajstić information content (AvgIpc) is 3.68. The fourth-order valence-corrected chi connectivity index (χ4v) is 7.61. The van der Waals surface area contributed by atoms with E-state index in [0.29, 0.717) is 5.92 Å². The SMILES string of the molecule is CC(C)c1ccccc1N(c1ccccc1)c1ccc2cc3c(cc2c1)oc1cc2c(cc13)oc1cc3cc(Nc4ccccc4)ccc3cc12. The Morgan fingerprint density at radius 2 is 0.980 bits per heavy atom. The zero-order chi connectivity index (χ0) is 34.1. The molecule has 0 saturated heterocycles. The number of hydrogen-bond acceptors (Lipinski definition) is 4. The number of rotatable bonds is 6. The summed E-state index contributed by atoms with van der Waals surface area (Å²) in [5, 5.41) is 12.4. The van der Waals surface area contributed by atoms with Crippen molar-refractivity contribution in [3.8, 4) is 0 Å². The monoisotopic (exact) mass is 658 g/mol. The lowest BCUT2D eigenvalue weighted by Crippen LogP contribution is -2.12. The van der Waals surface area contributed by atoms with E-state index in [1.807, 2.05) is 18.2 Å². The molecular weight excluding hydrogens is 625 g/mol. The average molecular weight is 659 g/mol. The summed E-state index contributed by atoms with van der Waals surface area (Å²) >= 11 is 0. The Hall–Kier alpha value is -6.52. The van der Waals surface area contributed by atoms with E-state index in [9.17, 15) is 0 Å². The van der Waals surface area contributed by atoms with Crippen molar-refractivity contribution in [2.75, 3.05) is 10.2 Å². The molecule has 2 heterocycles. The van der Waals surface area contributed by atoms with Crippen molar-refractivity contribution >= 4 is 93.9 Å². The van der Waals surface area contributed by atoms with Gasteiger partial charge in [0.15, 0.2) is 0 Å². The van der Waals surface area contributed by atoms with Crippen molar-refractivity contribution in [1.82, 2.24) is 0 Å². The Labute approximate surface area is 295 Å². The normalized spacial score (nSPS) is 11.9. The Bertz CT molecular complexity index is 2920. The number of nitrogens with one attached hydrogen (secondary N) is 1. The van der Waals surface area contributed by atoms with Gasteiger partial charge in [0.05, 0.1) is 0 Å². The number of benzene rings is 8. The molecule has 0 atom stereocenters. The zero-order valence-electron chi connectivity index (χ0n) is 28.4. The summed E-state index contributed by atoms with van der Waals surface area (Å²) in [5.41, 5.74) is 10.3. The first-order chi connectivity index (χ1) is 25.1. The van der Waals surface area contributed by atoms with Crippen molar-refractivity contribution in [1.29, 1.82) is 0 Å². The van der Waals surface area contributed by atoms with Crippen molar-refractivity contribution < 1.29 is 8.83 Å². The minimum absolute atomic E-state index is 0.384. The largest absolute Gasteiger partial charge is 0.456 e. The van der Waals surface area contributed by atoms with E-state index in [1.54, 1.807) is 0 Å². The van der Waals surface area contributed by atoms with Crippen molar-refractivity contribution in [2.24, 2.45) is 0 Å². The quantitative estimate of drug-likeness (QED) is 0.193. The van der Waals surface area contributed by atoms with Gasteiger partial charge in [0, 0.05) is 50.0 Å². The minimum atomic E-state index is 0.384. The molecule has 10 aromatic rings. The van der Waals surface area contributed by atoms with E-state index < -0.39 is 0 Å². The van der Waals surface area contributed by atoms with Gasteiger partial charge in [-0.25, -0.2) is 0 Å².